The summed E-state index contributed by atoms with van der Waals surface area (Å²) in [6.45, 7) is 6.01. The van der Waals surface area contributed by atoms with Gasteiger partial charge in [-0.2, -0.15) is 0 Å². The van der Waals surface area contributed by atoms with Gasteiger partial charge < -0.3 is 0 Å². The average Bonchev–Trinajstić information content (AvgIpc) is 2.44. The van der Waals surface area contributed by atoms with Crippen molar-refractivity contribution in [3.05, 3.63) is 64.7 Å². The van der Waals surface area contributed by atoms with Crippen molar-refractivity contribution in [2.45, 2.75) is 27.2 Å². The molecule has 0 aliphatic heterocycles. The first-order valence-corrected chi connectivity index (χ1v) is 8.54. The lowest BCUT2D eigenvalue weighted by molar-refractivity contribution is 0.0989. The monoisotopic (exact) mass is 299 g/mol. The van der Waals surface area contributed by atoms with Crippen LogP contribution in [-0.4, -0.2) is 11.9 Å². The normalized spacial score (nSPS) is 11.3. The Balaban J connectivity index is 2.08. The Morgan fingerprint density at radius 3 is 2.14 bits per heavy atom. The van der Waals surface area contributed by atoms with Gasteiger partial charge in [0.2, 0.25) is 0 Å². The Labute approximate surface area is 127 Å². The predicted octanol–water partition coefficient (Wildman–Crippen LogP) is 4.34. The minimum absolute atomic E-state index is 0.0568. The van der Waals surface area contributed by atoms with Gasteiger partial charge in [-0.3, -0.25) is 4.79 Å². The summed E-state index contributed by atoms with van der Waals surface area (Å²) in [6, 6.07) is 13.3. The molecule has 0 saturated heterocycles. The van der Waals surface area contributed by atoms with Gasteiger partial charge in [-0.1, -0.05) is 52.6 Å². The maximum atomic E-state index is 12.5. The maximum Gasteiger partial charge on any atom is 0.377 e. The molecule has 0 heterocycles. The number of carbonyl (C=O) groups excluding carboxylic acids is 1. The van der Waals surface area contributed by atoms with Crippen molar-refractivity contribution < 1.29 is 9.36 Å². The standard InChI is InChI=1S/C18H20O2P/c1-13-11-14(2)18(15(3)12-13)21(20)10-9-17(19)16-7-5-4-6-8-16/h4-8,11-12H,9-10H2,1-3H3/q+1. The lowest BCUT2D eigenvalue weighted by Gasteiger charge is -2.02. The lowest BCUT2D eigenvalue weighted by Crippen LogP contribution is -2.10. The molecule has 2 aromatic rings. The fraction of sp³-hybridized carbons (Fsp3) is 0.278. The van der Waals surface area contributed by atoms with E-state index in [0.717, 1.165) is 16.4 Å². The molecule has 1 atom stereocenters. The van der Waals surface area contributed by atoms with E-state index in [1.807, 2.05) is 39.0 Å². The first-order chi connectivity index (χ1) is 9.99. The van der Waals surface area contributed by atoms with Gasteiger partial charge >= 0.3 is 7.80 Å². The largest absolute Gasteiger partial charge is 0.377 e. The van der Waals surface area contributed by atoms with E-state index in [1.54, 1.807) is 12.1 Å². The quantitative estimate of drug-likeness (QED) is 0.608. The molecule has 0 aliphatic rings. The van der Waals surface area contributed by atoms with E-state index in [9.17, 15) is 9.36 Å². The third kappa shape index (κ3) is 3.86. The van der Waals surface area contributed by atoms with Gasteiger partial charge in [0, 0.05) is 16.7 Å². The Hall–Kier alpha value is -1.79. The van der Waals surface area contributed by atoms with Gasteiger partial charge in [-0.05, 0) is 20.8 Å². The molecule has 0 saturated carbocycles. The van der Waals surface area contributed by atoms with Crippen LogP contribution in [0.2, 0.25) is 0 Å². The number of Topliss-reactive ketones (excluding diaryl/α,β-unsaturated/α-hetero) is 1. The molecule has 0 spiro atoms. The summed E-state index contributed by atoms with van der Waals surface area (Å²) in [5, 5.41) is 0.913. The van der Waals surface area contributed by atoms with E-state index in [-0.39, 0.29) is 5.78 Å². The van der Waals surface area contributed by atoms with Crippen LogP contribution in [0.25, 0.3) is 0 Å². The second kappa shape index (κ2) is 6.78. The molecule has 0 N–H and O–H groups in total. The van der Waals surface area contributed by atoms with Crippen molar-refractivity contribution in [2.75, 3.05) is 6.16 Å². The molecule has 3 heteroatoms. The molecule has 2 nitrogen and oxygen atoms in total. The van der Waals surface area contributed by atoms with Gasteiger partial charge in [0.15, 0.2) is 17.2 Å². The van der Waals surface area contributed by atoms with Crippen LogP contribution in [0.4, 0.5) is 0 Å². The summed E-state index contributed by atoms with van der Waals surface area (Å²) in [7, 11) is -1.52. The minimum atomic E-state index is -1.52. The zero-order valence-electron chi connectivity index (χ0n) is 12.7. The zero-order valence-corrected chi connectivity index (χ0v) is 13.6. The third-order valence-electron chi connectivity index (χ3n) is 3.52. The first kappa shape index (κ1) is 15.6. The SMILES string of the molecule is Cc1cc(C)c([P+](=O)CCC(=O)c2ccccc2)c(C)c1. The molecule has 0 radical (unpaired) electrons. The Bertz CT molecular complexity index is 652. The number of ketones is 1. The van der Waals surface area contributed by atoms with Gasteiger partial charge in [0.25, 0.3) is 0 Å². The van der Waals surface area contributed by atoms with Gasteiger partial charge in [0.1, 0.15) is 0 Å². The van der Waals surface area contributed by atoms with Crippen LogP contribution in [0.1, 0.15) is 33.5 Å². The van der Waals surface area contributed by atoms with Crippen LogP contribution in [0, 0.1) is 20.8 Å². The molecule has 0 aromatic heterocycles. The second-order valence-corrected chi connectivity index (χ2v) is 7.04. The molecule has 0 amide bonds. The molecular formula is C18H20O2P+. The molecule has 0 fully saturated rings. The molecule has 21 heavy (non-hydrogen) atoms. The van der Waals surface area contributed by atoms with Crippen molar-refractivity contribution >= 4 is 18.9 Å². The van der Waals surface area contributed by atoms with Crippen molar-refractivity contribution in [3.8, 4) is 0 Å². The molecule has 2 rings (SSSR count). The smallest absolute Gasteiger partial charge is 0.294 e. The highest BCUT2D eigenvalue weighted by atomic mass is 31.1. The highest BCUT2D eigenvalue weighted by Gasteiger charge is 2.26. The van der Waals surface area contributed by atoms with E-state index in [2.05, 4.69) is 12.1 Å². The van der Waals surface area contributed by atoms with Crippen molar-refractivity contribution in [1.82, 2.24) is 0 Å². The van der Waals surface area contributed by atoms with Crippen LogP contribution in [0.5, 0.6) is 0 Å². The zero-order chi connectivity index (χ0) is 15.4. The average molecular weight is 299 g/mol. The number of benzene rings is 2. The van der Waals surface area contributed by atoms with E-state index >= 15 is 0 Å². The topological polar surface area (TPSA) is 34.1 Å². The maximum absolute atomic E-state index is 12.5. The number of carbonyl (C=O) groups is 1. The van der Waals surface area contributed by atoms with Crippen molar-refractivity contribution in [1.29, 1.82) is 0 Å². The summed E-state index contributed by atoms with van der Waals surface area (Å²) in [5.74, 6) is 0.0568. The Morgan fingerprint density at radius 1 is 1.00 bits per heavy atom. The highest BCUT2D eigenvalue weighted by molar-refractivity contribution is 7.53. The first-order valence-electron chi connectivity index (χ1n) is 7.10. The van der Waals surface area contributed by atoms with Crippen molar-refractivity contribution in [2.24, 2.45) is 0 Å². The van der Waals surface area contributed by atoms with Crippen molar-refractivity contribution in [3.63, 3.8) is 0 Å². The summed E-state index contributed by atoms with van der Waals surface area (Å²) in [6.07, 6.45) is 0.736. The fourth-order valence-electron chi connectivity index (χ4n) is 2.65. The summed E-state index contributed by atoms with van der Waals surface area (Å²) in [5.41, 5.74) is 3.98. The lowest BCUT2D eigenvalue weighted by atomic mass is 10.1. The number of hydrogen-bond donors (Lipinski definition) is 0. The van der Waals surface area contributed by atoms with Gasteiger partial charge in [-0.25, -0.2) is 0 Å². The predicted molar refractivity (Wildman–Crippen MR) is 88.2 cm³/mol. The number of rotatable bonds is 5. The van der Waals surface area contributed by atoms with Gasteiger partial charge in [0.05, 0.1) is 6.42 Å². The molecule has 0 bridgehead atoms. The summed E-state index contributed by atoms with van der Waals surface area (Å²) >= 11 is 0. The molecule has 108 valence electrons. The van der Waals surface area contributed by atoms with Crippen LogP contribution in [0.3, 0.4) is 0 Å². The number of aryl methyl sites for hydroxylation is 3. The van der Waals surface area contributed by atoms with E-state index in [0.29, 0.717) is 18.1 Å². The molecule has 0 aliphatic carbocycles. The summed E-state index contributed by atoms with van der Waals surface area (Å²) in [4.78, 5) is 12.1. The minimum Gasteiger partial charge on any atom is -0.294 e. The van der Waals surface area contributed by atoms with Gasteiger partial charge in [-0.15, -0.1) is 0 Å². The van der Waals surface area contributed by atoms with Crippen LogP contribution in [-0.2, 0) is 4.57 Å². The van der Waals surface area contributed by atoms with Crippen LogP contribution < -0.4 is 5.30 Å². The Morgan fingerprint density at radius 2 is 1.57 bits per heavy atom. The number of hydrogen-bond acceptors (Lipinski definition) is 2. The molecule has 2 aromatic carbocycles. The highest BCUT2D eigenvalue weighted by Crippen LogP contribution is 2.26. The fourth-order valence-corrected chi connectivity index (χ4v) is 4.19. The van der Waals surface area contributed by atoms with E-state index < -0.39 is 7.80 Å². The van der Waals surface area contributed by atoms with E-state index in [1.165, 1.54) is 5.56 Å². The van der Waals surface area contributed by atoms with E-state index in [4.69, 9.17) is 0 Å². The van der Waals surface area contributed by atoms with Crippen LogP contribution in [0.15, 0.2) is 42.5 Å². The third-order valence-corrected chi connectivity index (χ3v) is 5.36. The van der Waals surface area contributed by atoms with Crippen LogP contribution >= 0.6 is 7.80 Å². The summed E-state index contributed by atoms with van der Waals surface area (Å²) < 4.78 is 12.5. The molecule has 1 unspecified atom stereocenters. The Kier molecular flexibility index (Phi) is 5.03. The molecular weight excluding hydrogens is 279 g/mol. The second-order valence-electron chi connectivity index (χ2n) is 5.39.